The first-order valence-corrected chi connectivity index (χ1v) is 11.1. The Morgan fingerprint density at radius 2 is 1.93 bits per heavy atom. The fourth-order valence-electron chi connectivity index (χ4n) is 3.11. The van der Waals surface area contributed by atoms with Gasteiger partial charge in [-0.25, -0.2) is 4.98 Å². The topological polar surface area (TPSA) is 69.1 Å². The minimum absolute atomic E-state index is 0.142. The Bertz CT molecular complexity index is 990. The number of rotatable bonds is 5. The molecule has 2 N–H and O–H groups in total. The number of amides is 1. The molecule has 1 fully saturated rings. The average Bonchev–Trinajstić information content (AvgIpc) is 3.47. The molecular weight excluding hydrogens is 412 g/mol. The van der Waals surface area contributed by atoms with Gasteiger partial charge in [0.05, 0.1) is 21.5 Å². The fraction of sp³-hybridized carbons (Fsp3) is 0.250. The highest BCUT2D eigenvalue weighted by Gasteiger charge is 2.16. The highest BCUT2D eigenvalue weighted by atomic mass is 35.5. The first-order valence-electron chi connectivity index (χ1n) is 9.02. The number of aromatic nitrogens is 1. The van der Waals surface area contributed by atoms with Gasteiger partial charge in [0.1, 0.15) is 10.8 Å². The third-order valence-electron chi connectivity index (χ3n) is 4.61. The molecule has 0 atom stereocenters. The molecule has 0 radical (unpaired) electrons. The molecule has 2 aromatic heterocycles. The number of hydrogen-bond donors (Lipinski definition) is 2. The van der Waals surface area contributed by atoms with Gasteiger partial charge in [-0.1, -0.05) is 35.9 Å². The fourth-order valence-corrected chi connectivity index (χ4v) is 4.89. The maximum absolute atomic E-state index is 12.1. The summed E-state index contributed by atoms with van der Waals surface area (Å²) >= 11 is 8.68. The van der Waals surface area contributed by atoms with Crippen LogP contribution in [0.1, 0.15) is 33.8 Å². The SMILES string of the molecule is N=C(c1ccc(-c2nc(CNC(=O)c3ccc(Cl)s3)cs2)cc1)N1CCCC1. The van der Waals surface area contributed by atoms with Gasteiger partial charge in [0, 0.05) is 29.6 Å². The third kappa shape index (κ3) is 4.27. The van der Waals surface area contributed by atoms with Crippen LogP contribution in [0, 0.1) is 5.41 Å². The van der Waals surface area contributed by atoms with E-state index in [4.69, 9.17) is 17.0 Å². The molecule has 28 heavy (non-hydrogen) atoms. The van der Waals surface area contributed by atoms with E-state index in [9.17, 15) is 4.79 Å². The van der Waals surface area contributed by atoms with E-state index in [0.29, 0.717) is 21.6 Å². The minimum Gasteiger partial charge on any atom is -0.357 e. The van der Waals surface area contributed by atoms with Gasteiger partial charge in [0.25, 0.3) is 5.91 Å². The molecule has 3 aromatic rings. The van der Waals surface area contributed by atoms with E-state index in [1.54, 1.807) is 23.5 Å². The number of amidine groups is 1. The summed E-state index contributed by atoms with van der Waals surface area (Å²) in [6, 6.07) is 11.4. The van der Waals surface area contributed by atoms with E-state index in [1.807, 2.05) is 29.6 Å². The monoisotopic (exact) mass is 430 g/mol. The van der Waals surface area contributed by atoms with Gasteiger partial charge >= 0.3 is 0 Å². The molecule has 1 aromatic carbocycles. The molecule has 4 rings (SSSR count). The van der Waals surface area contributed by atoms with Crippen molar-refractivity contribution in [2.24, 2.45) is 0 Å². The van der Waals surface area contributed by atoms with Crippen LogP contribution < -0.4 is 5.32 Å². The van der Waals surface area contributed by atoms with E-state index in [2.05, 4.69) is 15.2 Å². The van der Waals surface area contributed by atoms with Crippen molar-refractivity contribution < 1.29 is 4.79 Å². The van der Waals surface area contributed by atoms with Gasteiger partial charge in [-0.05, 0) is 25.0 Å². The Morgan fingerprint density at radius 3 is 2.61 bits per heavy atom. The third-order valence-corrected chi connectivity index (χ3v) is 6.78. The van der Waals surface area contributed by atoms with Crippen LogP contribution in [-0.4, -0.2) is 34.7 Å². The van der Waals surface area contributed by atoms with E-state index in [-0.39, 0.29) is 5.91 Å². The molecule has 0 aliphatic carbocycles. The van der Waals surface area contributed by atoms with Crippen molar-refractivity contribution in [2.75, 3.05) is 13.1 Å². The number of nitrogens with one attached hydrogen (secondary N) is 2. The predicted molar refractivity (Wildman–Crippen MR) is 116 cm³/mol. The molecule has 0 spiro atoms. The van der Waals surface area contributed by atoms with Gasteiger partial charge in [-0.2, -0.15) is 0 Å². The first kappa shape index (κ1) is 19.1. The normalized spacial score (nSPS) is 13.7. The molecule has 0 unspecified atom stereocenters. The summed E-state index contributed by atoms with van der Waals surface area (Å²) in [6.45, 7) is 2.32. The molecule has 1 aliphatic rings. The lowest BCUT2D eigenvalue weighted by Gasteiger charge is -2.18. The molecule has 0 saturated carbocycles. The Labute approximate surface area is 176 Å². The number of carbonyl (C=O) groups excluding carboxylic acids is 1. The lowest BCUT2D eigenvalue weighted by molar-refractivity contribution is 0.0954. The summed E-state index contributed by atoms with van der Waals surface area (Å²) in [5.41, 5.74) is 2.78. The highest BCUT2D eigenvalue weighted by Crippen LogP contribution is 2.25. The highest BCUT2D eigenvalue weighted by molar-refractivity contribution is 7.18. The van der Waals surface area contributed by atoms with Crippen molar-refractivity contribution in [3.05, 3.63) is 62.2 Å². The van der Waals surface area contributed by atoms with E-state index >= 15 is 0 Å². The summed E-state index contributed by atoms with van der Waals surface area (Å²) in [6.07, 6.45) is 2.33. The van der Waals surface area contributed by atoms with Crippen molar-refractivity contribution in [1.82, 2.24) is 15.2 Å². The van der Waals surface area contributed by atoms with Gasteiger partial charge in [-0.15, -0.1) is 22.7 Å². The van der Waals surface area contributed by atoms with Gasteiger partial charge < -0.3 is 10.2 Å². The smallest absolute Gasteiger partial charge is 0.261 e. The molecule has 8 heteroatoms. The zero-order valence-electron chi connectivity index (χ0n) is 15.1. The van der Waals surface area contributed by atoms with Crippen LogP contribution in [0.3, 0.4) is 0 Å². The predicted octanol–water partition coefficient (Wildman–Crippen LogP) is 4.88. The standard InChI is InChI=1S/C20H19ClN4OS2/c21-17-8-7-16(28-17)19(26)23-11-15-12-27-20(24-15)14-5-3-13(4-6-14)18(22)25-9-1-2-10-25/h3-8,12,22H,1-2,9-11H2,(H,23,26). The molecule has 1 saturated heterocycles. The second-order valence-corrected chi connectivity index (χ2v) is 9.12. The van der Waals surface area contributed by atoms with E-state index in [1.165, 1.54) is 24.2 Å². The van der Waals surface area contributed by atoms with Crippen LogP contribution in [0.15, 0.2) is 41.8 Å². The summed E-state index contributed by atoms with van der Waals surface area (Å²) in [5, 5.41) is 14.1. The van der Waals surface area contributed by atoms with E-state index in [0.717, 1.165) is 34.9 Å². The van der Waals surface area contributed by atoms with Crippen molar-refractivity contribution in [1.29, 1.82) is 5.41 Å². The average molecular weight is 431 g/mol. The van der Waals surface area contributed by atoms with Crippen LogP contribution in [0.5, 0.6) is 0 Å². The van der Waals surface area contributed by atoms with Gasteiger partial charge in [0.15, 0.2) is 0 Å². The summed E-state index contributed by atoms with van der Waals surface area (Å²) < 4.78 is 0.599. The number of carbonyl (C=O) groups is 1. The molecule has 1 aliphatic heterocycles. The summed E-state index contributed by atoms with van der Waals surface area (Å²) in [7, 11) is 0. The second kappa shape index (κ2) is 8.43. The van der Waals surface area contributed by atoms with Crippen LogP contribution in [0.25, 0.3) is 10.6 Å². The van der Waals surface area contributed by atoms with Crippen molar-refractivity contribution in [2.45, 2.75) is 19.4 Å². The summed E-state index contributed by atoms with van der Waals surface area (Å²) in [4.78, 5) is 19.4. The molecule has 0 bridgehead atoms. The van der Waals surface area contributed by atoms with Crippen molar-refractivity contribution in [3.63, 3.8) is 0 Å². The molecule has 3 heterocycles. The summed E-state index contributed by atoms with van der Waals surface area (Å²) in [5.74, 6) is 0.455. The number of likely N-dealkylation sites (tertiary alicyclic amines) is 1. The second-order valence-electron chi connectivity index (χ2n) is 6.55. The molecule has 5 nitrogen and oxygen atoms in total. The molecular formula is C20H19ClN4OS2. The lowest BCUT2D eigenvalue weighted by Crippen LogP contribution is -2.27. The number of hydrogen-bond acceptors (Lipinski definition) is 5. The van der Waals surface area contributed by atoms with Crippen molar-refractivity contribution >= 4 is 46.0 Å². The number of thiazole rings is 1. The van der Waals surface area contributed by atoms with Gasteiger partial charge in [0.2, 0.25) is 0 Å². The Kier molecular flexibility index (Phi) is 5.75. The van der Waals surface area contributed by atoms with Crippen LogP contribution >= 0.6 is 34.3 Å². The Balaban J connectivity index is 1.38. The Hall–Kier alpha value is -2.22. The number of nitrogens with zero attached hydrogens (tertiary/aromatic N) is 2. The number of halogens is 1. The number of thiophene rings is 1. The lowest BCUT2D eigenvalue weighted by atomic mass is 10.1. The van der Waals surface area contributed by atoms with Crippen LogP contribution in [0.4, 0.5) is 0 Å². The number of benzene rings is 1. The molecule has 1 amide bonds. The zero-order chi connectivity index (χ0) is 19.5. The van der Waals surface area contributed by atoms with Gasteiger partial charge in [-0.3, -0.25) is 10.2 Å². The van der Waals surface area contributed by atoms with Crippen molar-refractivity contribution in [3.8, 4) is 10.6 Å². The zero-order valence-corrected chi connectivity index (χ0v) is 17.5. The van der Waals surface area contributed by atoms with Crippen LogP contribution in [0.2, 0.25) is 4.34 Å². The van der Waals surface area contributed by atoms with Crippen LogP contribution in [-0.2, 0) is 6.54 Å². The first-order chi connectivity index (χ1) is 13.6. The quantitative estimate of drug-likeness (QED) is 0.448. The minimum atomic E-state index is -0.142. The Morgan fingerprint density at radius 1 is 1.18 bits per heavy atom. The molecule has 144 valence electrons. The maximum atomic E-state index is 12.1. The maximum Gasteiger partial charge on any atom is 0.261 e. The van der Waals surface area contributed by atoms with E-state index < -0.39 is 0 Å². The largest absolute Gasteiger partial charge is 0.357 e.